The average Bonchev–Trinajstić information content (AvgIpc) is 3.04. The molecule has 1 saturated heterocycles. The quantitative estimate of drug-likeness (QED) is 0.263. The van der Waals surface area contributed by atoms with Crippen LogP contribution in [0.4, 0.5) is 21.9 Å². The largest absolute Gasteiger partial charge is 0.497 e. The van der Waals surface area contributed by atoms with E-state index in [9.17, 15) is 14.4 Å². The number of urea groups is 1. The molecule has 10 nitrogen and oxygen atoms in total. The first-order valence-electron chi connectivity index (χ1n) is 14.6. The van der Waals surface area contributed by atoms with E-state index < -0.39 is 6.03 Å². The molecule has 0 aliphatic carbocycles. The Labute approximate surface area is 255 Å². The highest BCUT2D eigenvalue weighted by molar-refractivity contribution is 6.04. The van der Waals surface area contributed by atoms with Crippen LogP contribution in [0.2, 0.25) is 0 Å². The summed E-state index contributed by atoms with van der Waals surface area (Å²) in [5.41, 5.74) is 4.27. The molecule has 0 spiro atoms. The zero-order chi connectivity index (χ0) is 30.6. The third kappa shape index (κ3) is 6.10. The monoisotopic (exact) mass is 593 g/mol. The molecule has 226 valence electrons. The lowest BCUT2D eigenvalue weighted by atomic mass is 9.83. The van der Waals surface area contributed by atoms with Gasteiger partial charge in [-0.05, 0) is 54.3 Å². The van der Waals surface area contributed by atoms with Gasteiger partial charge >= 0.3 is 6.03 Å². The number of nitrogens with zero attached hydrogens (tertiary/aromatic N) is 2. The smallest absolute Gasteiger partial charge is 0.323 e. The first-order chi connectivity index (χ1) is 21.4. The molecule has 3 aromatic carbocycles. The van der Waals surface area contributed by atoms with Gasteiger partial charge in [-0.1, -0.05) is 36.4 Å². The summed E-state index contributed by atoms with van der Waals surface area (Å²) in [6, 6.07) is 25.2. The van der Waals surface area contributed by atoms with Gasteiger partial charge in [0.2, 0.25) is 0 Å². The van der Waals surface area contributed by atoms with Gasteiger partial charge in [-0.3, -0.25) is 9.59 Å². The van der Waals surface area contributed by atoms with Gasteiger partial charge < -0.3 is 34.9 Å². The average molecular weight is 594 g/mol. The fourth-order valence-corrected chi connectivity index (χ4v) is 6.20. The van der Waals surface area contributed by atoms with E-state index >= 15 is 0 Å². The highest BCUT2D eigenvalue weighted by Gasteiger charge is 2.35. The highest BCUT2D eigenvalue weighted by Crippen LogP contribution is 2.39. The van der Waals surface area contributed by atoms with Crippen LogP contribution < -0.4 is 35.9 Å². The molecule has 4 aromatic rings. The van der Waals surface area contributed by atoms with Crippen LogP contribution in [0.3, 0.4) is 0 Å². The fraction of sp³-hybridized carbons (Fsp3) is 0.265. The van der Waals surface area contributed by atoms with E-state index in [0.29, 0.717) is 48.1 Å². The first-order valence-corrected chi connectivity index (χ1v) is 14.6. The Morgan fingerprint density at radius 3 is 2.45 bits per heavy atom. The predicted molar refractivity (Wildman–Crippen MR) is 170 cm³/mol. The number of rotatable bonds is 8. The molecule has 6 rings (SSSR count). The van der Waals surface area contributed by atoms with Crippen LogP contribution in [-0.4, -0.2) is 43.8 Å². The Kier molecular flexibility index (Phi) is 8.23. The molecular formula is C34H35N5O5. The van der Waals surface area contributed by atoms with E-state index in [0.717, 1.165) is 29.9 Å². The Hall–Kier alpha value is -5.25. The molecule has 2 aliphatic heterocycles. The van der Waals surface area contributed by atoms with Gasteiger partial charge in [0.05, 0.1) is 31.3 Å². The Balaban J connectivity index is 1.27. The maximum absolute atomic E-state index is 13.4. The SMILES string of the molecule is COc1ccc(NC(=O)Nc2cc(C(=O)NCc3ccccc3)ccc2N2C[C@H]3C[C@@H](C2)c2cccc(=O)n2C3)c(OC)c1. The molecule has 1 aromatic heterocycles. The number of anilines is 3. The van der Waals surface area contributed by atoms with Crippen molar-refractivity contribution in [3.8, 4) is 11.5 Å². The van der Waals surface area contributed by atoms with Crippen molar-refractivity contribution in [3.63, 3.8) is 0 Å². The normalized spacial score (nSPS) is 16.8. The van der Waals surface area contributed by atoms with Crippen molar-refractivity contribution in [1.82, 2.24) is 9.88 Å². The molecule has 2 aliphatic rings. The number of piperidine rings is 1. The standard InChI is InChI=1S/C34H35N5O5/c1-43-26-12-13-27(31(17-26)44-2)36-34(42)37-28-16-24(33(41)35-18-22-7-4-3-5-8-22)11-14-30(28)38-19-23-15-25(21-38)29-9-6-10-32(40)39(29)20-23/h3-14,16-17,23,25H,15,18-21H2,1-2H3,(H,35,41)(H2,36,37,42)/t23-,25+/m1/s1. The van der Waals surface area contributed by atoms with Crippen molar-refractivity contribution < 1.29 is 19.1 Å². The predicted octanol–water partition coefficient (Wildman–Crippen LogP) is 5.06. The van der Waals surface area contributed by atoms with Gasteiger partial charge in [-0.2, -0.15) is 0 Å². The molecule has 3 heterocycles. The van der Waals surface area contributed by atoms with E-state index in [4.69, 9.17) is 9.47 Å². The van der Waals surface area contributed by atoms with Gasteiger partial charge in [0.1, 0.15) is 11.5 Å². The number of methoxy groups -OCH3 is 2. The van der Waals surface area contributed by atoms with Gasteiger partial charge in [-0.15, -0.1) is 0 Å². The van der Waals surface area contributed by atoms with Crippen molar-refractivity contribution in [2.24, 2.45) is 5.92 Å². The minimum absolute atomic E-state index is 0.0319. The van der Waals surface area contributed by atoms with Crippen molar-refractivity contribution in [2.45, 2.75) is 25.4 Å². The third-order valence-corrected chi connectivity index (χ3v) is 8.28. The molecule has 0 unspecified atom stereocenters. The fourth-order valence-electron chi connectivity index (χ4n) is 6.20. The van der Waals surface area contributed by atoms with Crippen LogP contribution in [0, 0.1) is 5.92 Å². The van der Waals surface area contributed by atoms with Gasteiger partial charge in [0.15, 0.2) is 0 Å². The summed E-state index contributed by atoms with van der Waals surface area (Å²) in [4.78, 5) is 41.3. The topological polar surface area (TPSA) is 114 Å². The summed E-state index contributed by atoms with van der Waals surface area (Å²) in [7, 11) is 3.08. The first kappa shape index (κ1) is 28.9. The molecule has 1 fully saturated rings. The number of nitrogens with one attached hydrogen (secondary N) is 3. The van der Waals surface area contributed by atoms with E-state index in [2.05, 4.69) is 20.9 Å². The van der Waals surface area contributed by atoms with Gasteiger partial charge in [0, 0.05) is 55.5 Å². The zero-order valence-corrected chi connectivity index (χ0v) is 24.7. The Morgan fingerprint density at radius 2 is 1.66 bits per heavy atom. The summed E-state index contributed by atoms with van der Waals surface area (Å²) in [5, 5.41) is 8.81. The number of aromatic nitrogens is 1. The zero-order valence-electron chi connectivity index (χ0n) is 24.7. The molecule has 2 atom stereocenters. The third-order valence-electron chi connectivity index (χ3n) is 8.28. The maximum Gasteiger partial charge on any atom is 0.323 e. The van der Waals surface area contributed by atoms with Gasteiger partial charge in [0.25, 0.3) is 11.5 Å². The Morgan fingerprint density at radius 1 is 0.841 bits per heavy atom. The number of hydrogen-bond acceptors (Lipinski definition) is 6. The highest BCUT2D eigenvalue weighted by atomic mass is 16.5. The molecular weight excluding hydrogens is 558 g/mol. The number of ether oxygens (including phenoxy) is 2. The number of carbonyl (C=O) groups is 2. The van der Waals surface area contributed by atoms with E-state index in [1.807, 2.05) is 53.1 Å². The van der Waals surface area contributed by atoms with Crippen LogP contribution in [-0.2, 0) is 13.1 Å². The summed E-state index contributed by atoms with van der Waals surface area (Å²) in [6.45, 7) is 2.44. The number of pyridine rings is 1. The van der Waals surface area contributed by atoms with E-state index in [1.165, 1.54) is 7.11 Å². The summed E-state index contributed by atoms with van der Waals surface area (Å²) in [5.74, 6) is 1.26. The van der Waals surface area contributed by atoms with Crippen molar-refractivity contribution >= 4 is 29.0 Å². The van der Waals surface area contributed by atoms with Crippen LogP contribution in [0.25, 0.3) is 0 Å². The number of hydrogen-bond donors (Lipinski definition) is 3. The van der Waals surface area contributed by atoms with Gasteiger partial charge in [-0.25, -0.2) is 4.79 Å². The Bertz CT molecular complexity index is 1740. The lowest BCUT2D eigenvalue weighted by Gasteiger charge is -2.44. The summed E-state index contributed by atoms with van der Waals surface area (Å²) in [6.07, 6.45) is 1.00. The molecule has 44 heavy (non-hydrogen) atoms. The molecule has 10 heteroatoms. The van der Waals surface area contributed by atoms with Crippen molar-refractivity contribution in [2.75, 3.05) is 42.8 Å². The second-order valence-corrected chi connectivity index (χ2v) is 11.1. The maximum atomic E-state index is 13.4. The van der Waals surface area contributed by atoms with E-state index in [1.54, 1.807) is 43.5 Å². The van der Waals surface area contributed by atoms with Crippen molar-refractivity contribution in [3.05, 3.63) is 112 Å². The minimum Gasteiger partial charge on any atom is -0.497 e. The lowest BCUT2D eigenvalue weighted by Crippen LogP contribution is -2.47. The molecule has 0 saturated carbocycles. The second-order valence-electron chi connectivity index (χ2n) is 11.1. The number of amides is 3. The molecule has 2 bridgehead atoms. The molecule has 0 radical (unpaired) electrons. The summed E-state index contributed by atoms with van der Waals surface area (Å²) >= 11 is 0. The minimum atomic E-state index is -0.481. The van der Waals surface area contributed by atoms with Crippen molar-refractivity contribution in [1.29, 1.82) is 0 Å². The van der Waals surface area contributed by atoms with Crippen LogP contribution >= 0.6 is 0 Å². The number of benzene rings is 3. The number of fused-ring (bicyclic) bond motifs is 4. The van der Waals surface area contributed by atoms with Crippen LogP contribution in [0.5, 0.6) is 11.5 Å². The summed E-state index contributed by atoms with van der Waals surface area (Å²) < 4.78 is 12.6. The number of carbonyl (C=O) groups excluding carboxylic acids is 2. The molecule has 3 N–H and O–H groups in total. The van der Waals surface area contributed by atoms with E-state index in [-0.39, 0.29) is 23.3 Å². The lowest BCUT2D eigenvalue weighted by molar-refractivity contribution is 0.0951. The molecule has 3 amide bonds. The van der Waals surface area contributed by atoms with Crippen LogP contribution in [0.1, 0.15) is 34.0 Å². The second kappa shape index (κ2) is 12.5. The van der Waals surface area contributed by atoms with Crippen LogP contribution in [0.15, 0.2) is 89.7 Å².